The molecule has 13 heteroatoms. The average molecular weight is 553 g/mol. The Bertz CT molecular complexity index is 1260. The Morgan fingerprint density at radius 3 is 2.61 bits per heavy atom. The summed E-state index contributed by atoms with van der Waals surface area (Å²) in [4.78, 5) is 4.27. The van der Waals surface area contributed by atoms with Gasteiger partial charge in [0.2, 0.25) is 0 Å². The Labute approximate surface area is 221 Å². The number of aromatic nitrogens is 3. The van der Waals surface area contributed by atoms with Gasteiger partial charge in [-0.25, -0.2) is 18.2 Å². The predicted octanol–water partition coefficient (Wildman–Crippen LogP) is 4.12. The standard InChI is InChI=1S/C25H31F3N6O3S/c1-34-21(18-6-5-16(29)15(28)10-37-18)17(9-31-34)32-24(35)20-23(30)38-25(33-20)19-13(26)7-12(8-14(19)27)22(36-2)11-3-4-11/h7-9,11,15-16,18,22,24,32,35H,3-6,10,29-30H2,1-2H3/t15-,16-,18+,22?,24?/m1/s1. The van der Waals surface area contributed by atoms with E-state index >= 15 is 8.78 Å². The van der Waals surface area contributed by atoms with Crippen molar-refractivity contribution in [2.24, 2.45) is 18.7 Å². The van der Waals surface area contributed by atoms with E-state index in [9.17, 15) is 9.50 Å². The molecular weight excluding hydrogens is 521 g/mol. The molecule has 2 aromatic heterocycles. The fraction of sp³-hybridized carbons (Fsp3) is 0.520. The summed E-state index contributed by atoms with van der Waals surface area (Å²) in [5.41, 5.74) is 13.1. The first-order chi connectivity index (χ1) is 18.2. The van der Waals surface area contributed by atoms with Crippen LogP contribution in [0, 0.1) is 17.6 Å². The zero-order valence-corrected chi connectivity index (χ0v) is 21.9. The Morgan fingerprint density at radius 2 is 1.95 bits per heavy atom. The molecule has 0 amide bonds. The summed E-state index contributed by atoms with van der Waals surface area (Å²) in [5, 5.41) is 18.2. The molecular formula is C25H31F3N6O3S. The number of anilines is 2. The molecule has 3 aromatic rings. The molecule has 2 unspecified atom stereocenters. The van der Waals surface area contributed by atoms with Crippen molar-refractivity contribution in [3.8, 4) is 10.6 Å². The number of benzene rings is 1. The van der Waals surface area contributed by atoms with Gasteiger partial charge in [-0.2, -0.15) is 5.10 Å². The summed E-state index contributed by atoms with van der Waals surface area (Å²) in [6.07, 6.45) is 0.737. The van der Waals surface area contributed by atoms with Crippen LogP contribution >= 0.6 is 11.3 Å². The smallest absolute Gasteiger partial charge is 0.171 e. The minimum atomic E-state index is -1.41. The van der Waals surface area contributed by atoms with E-state index in [1.807, 2.05) is 0 Å². The van der Waals surface area contributed by atoms with E-state index in [0.717, 1.165) is 24.2 Å². The molecule has 2 aliphatic rings. The molecule has 2 fully saturated rings. The number of methoxy groups -OCH3 is 1. The number of thiazole rings is 1. The van der Waals surface area contributed by atoms with Crippen LogP contribution in [0.1, 0.15) is 61.1 Å². The highest BCUT2D eigenvalue weighted by atomic mass is 32.1. The van der Waals surface area contributed by atoms with E-state index < -0.39 is 36.2 Å². The zero-order valence-electron chi connectivity index (χ0n) is 21.0. The highest BCUT2D eigenvalue weighted by Gasteiger charge is 2.34. The number of ether oxygens (including phenoxy) is 2. The number of hydrogen-bond donors (Lipinski definition) is 4. The van der Waals surface area contributed by atoms with Gasteiger partial charge in [0.25, 0.3) is 0 Å². The number of aliphatic hydroxyl groups is 1. The number of halogens is 3. The van der Waals surface area contributed by atoms with Crippen LogP contribution in [0.4, 0.5) is 23.9 Å². The van der Waals surface area contributed by atoms with E-state index in [1.54, 1.807) is 11.7 Å². The molecule has 1 saturated carbocycles. The summed E-state index contributed by atoms with van der Waals surface area (Å²) in [7, 11) is 3.23. The molecule has 1 saturated heterocycles. The van der Waals surface area contributed by atoms with Gasteiger partial charge in [0, 0.05) is 20.2 Å². The highest BCUT2D eigenvalue weighted by molar-refractivity contribution is 7.18. The monoisotopic (exact) mass is 552 g/mol. The van der Waals surface area contributed by atoms with E-state index in [1.165, 1.54) is 25.4 Å². The summed E-state index contributed by atoms with van der Waals surface area (Å²) >= 11 is 0.868. The number of rotatable bonds is 8. The molecule has 5 rings (SSSR count). The van der Waals surface area contributed by atoms with Crippen molar-refractivity contribution in [3.05, 3.63) is 46.9 Å². The second-order valence-corrected chi connectivity index (χ2v) is 10.8. The largest absolute Gasteiger partial charge is 0.389 e. The first-order valence-electron chi connectivity index (χ1n) is 12.4. The Balaban J connectivity index is 1.38. The lowest BCUT2D eigenvalue weighted by atomic mass is 10.0. The lowest BCUT2D eigenvalue weighted by molar-refractivity contribution is 0.0246. The van der Waals surface area contributed by atoms with Crippen molar-refractivity contribution < 1.29 is 27.8 Å². The maximum atomic E-state index is 15.1. The second-order valence-electron chi connectivity index (χ2n) is 9.81. The van der Waals surface area contributed by atoms with Gasteiger partial charge in [-0.05, 0) is 49.3 Å². The molecule has 0 radical (unpaired) electrons. The van der Waals surface area contributed by atoms with Crippen molar-refractivity contribution in [1.82, 2.24) is 14.8 Å². The SMILES string of the molecule is COC(c1cc(F)c(-c2nc(C(O)Nc3cnn(C)c3[C@@H]3CC[C@@H](N)[C@H](F)CO3)c(N)s2)c(F)c1)C1CC1. The van der Waals surface area contributed by atoms with Crippen molar-refractivity contribution in [2.45, 2.75) is 56.3 Å². The Hall–Kier alpha value is -2.71. The maximum absolute atomic E-state index is 15.1. The third kappa shape index (κ3) is 5.25. The summed E-state index contributed by atoms with van der Waals surface area (Å²) in [5.74, 6) is -1.31. The van der Waals surface area contributed by atoms with Gasteiger partial charge in [0.05, 0.1) is 35.9 Å². The molecule has 1 aliphatic heterocycles. The van der Waals surface area contributed by atoms with Crippen molar-refractivity contribution >= 4 is 22.0 Å². The van der Waals surface area contributed by atoms with Gasteiger partial charge >= 0.3 is 0 Å². The quantitative estimate of drug-likeness (QED) is 0.307. The molecule has 5 atom stereocenters. The van der Waals surface area contributed by atoms with Gasteiger partial charge in [-0.1, -0.05) is 11.3 Å². The van der Waals surface area contributed by atoms with E-state index in [0.29, 0.717) is 29.8 Å². The number of alkyl halides is 1. The van der Waals surface area contributed by atoms with E-state index in [4.69, 9.17) is 20.9 Å². The molecule has 9 nitrogen and oxygen atoms in total. The zero-order chi connectivity index (χ0) is 27.1. The van der Waals surface area contributed by atoms with Gasteiger partial charge in [-0.15, -0.1) is 0 Å². The first-order valence-corrected chi connectivity index (χ1v) is 13.3. The van der Waals surface area contributed by atoms with Gasteiger partial charge in [-0.3, -0.25) is 4.68 Å². The second kappa shape index (κ2) is 10.8. The summed E-state index contributed by atoms with van der Waals surface area (Å²) < 4.78 is 57.0. The summed E-state index contributed by atoms with van der Waals surface area (Å²) in [6.45, 7) is -0.150. The molecule has 1 aromatic carbocycles. The number of nitrogens with two attached hydrogens (primary N) is 2. The van der Waals surface area contributed by atoms with E-state index in [2.05, 4.69) is 15.4 Å². The predicted molar refractivity (Wildman–Crippen MR) is 137 cm³/mol. The van der Waals surface area contributed by atoms with Crippen LogP contribution in [0.15, 0.2) is 18.3 Å². The van der Waals surface area contributed by atoms with Crippen molar-refractivity contribution in [1.29, 1.82) is 0 Å². The number of aryl methyl sites for hydroxylation is 1. The molecule has 38 heavy (non-hydrogen) atoms. The number of nitrogens with zero attached hydrogens (tertiary/aromatic N) is 3. The van der Waals surface area contributed by atoms with Crippen molar-refractivity contribution in [3.63, 3.8) is 0 Å². The van der Waals surface area contributed by atoms with Crippen LogP contribution in [0.3, 0.4) is 0 Å². The average Bonchev–Trinajstić information content (AvgIpc) is 3.57. The third-order valence-corrected chi connectivity index (χ3v) is 8.03. The molecule has 0 spiro atoms. The normalized spacial score (nSPS) is 23.7. The van der Waals surface area contributed by atoms with E-state index in [-0.39, 0.29) is 39.9 Å². The molecule has 3 heterocycles. The number of nitrogen functional groups attached to an aromatic ring is 1. The van der Waals surface area contributed by atoms with Crippen LogP contribution < -0.4 is 16.8 Å². The van der Waals surface area contributed by atoms with Crippen LogP contribution in [0.2, 0.25) is 0 Å². The minimum absolute atomic E-state index is 0.00164. The number of aliphatic hydroxyl groups excluding tert-OH is 1. The van der Waals surface area contributed by atoms with Crippen molar-refractivity contribution in [2.75, 3.05) is 24.8 Å². The fourth-order valence-corrected chi connectivity index (χ4v) is 5.83. The van der Waals surface area contributed by atoms with Crippen LogP contribution in [0.25, 0.3) is 10.6 Å². The summed E-state index contributed by atoms with van der Waals surface area (Å²) in [6, 6.07) is 1.91. The Morgan fingerprint density at radius 1 is 1.24 bits per heavy atom. The lowest BCUT2D eigenvalue weighted by Crippen LogP contribution is -2.32. The molecule has 206 valence electrons. The topological polar surface area (TPSA) is 133 Å². The van der Waals surface area contributed by atoms with Gasteiger partial charge in [0.1, 0.15) is 39.6 Å². The van der Waals surface area contributed by atoms with Crippen LogP contribution in [0.5, 0.6) is 0 Å². The Kier molecular flexibility index (Phi) is 7.65. The van der Waals surface area contributed by atoms with Gasteiger partial charge < -0.3 is 31.4 Å². The maximum Gasteiger partial charge on any atom is 0.171 e. The third-order valence-electron chi connectivity index (χ3n) is 7.12. The number of nitrogens with one attached hydrogen (secondary N) is 1. The fourth-order valence-electron chi connectivity index (χ4n) is 4.92. The first kappa shape index (κ1) is 26.9. The number of hydrogen-bond acceptors (Lipinski definition) is 9. The van der Waals surface area contributed by atoms with Crippen LogP contribution in [-0.4, -0.2) is 45.8 Å². The molecule has 1 aliphatic carbocycles. The van der Waals surface area contributed by atoms with Crippen LogP contribution in [-0.2, 0) is 16.5 Å². The van der Waals surface area contributed by atoms with Gasteiger partial charge in [0.15, 0.2) is 6.23 Å². The lowest BCUT2D eigenvalue weighted by Gasteiger charge is -2.19. The minimum Gasteiger partial charge on any atom is -0.389 e. The molecule has 0 bridgehead atoms. The molecule has 6 N–H and O–H groups in total. The highest BCUT2D eigenvalue weighted by Crippen LogP contribution is 2.45.